The summed E-state index contributed by atoms with van der Waals surface area (Å²) in [7, 11) is 0. The highest BCUT2D eigenvalue weighted by atomic mass is 35.5. The van der Waals surface area contributed by atoms with Gasteiger partial charge in [0, 0.05) is 10.0 Å². The average molecular weight is 247 g/mol. The van der Waals surface area contributed by atoms with E-state index in [2.05, 4.69) is 0 Å². The molecule has 1 nitrogen and oxygen atoms in total. The molecule has 1 rings (SSSR count). The number of ether oxygens (including phenoxy) is 1. The van der Waals surface area contributed by atoms with Gasteiger partial charge in [-0.1, -0.05) is 29.3 Å². The Morgan fingerprint density at radius 2 is 1.87 bits per heavy atom. The molecule has 1 aromatic carbocycles. The molecule has 0 amide bonds. The lowest BCUT2D eigenvalue weighted by molar-refractivity contribution is -0.000972. The number of rotatable bonds is 3. The van der Waals surface area contributed by atoms with E-state index in [1.165, 1.54) is 0 Å². The second-order valence-corrected chi connectivity index (χ2v) is 5.29. The van der Waals surface area contributed by atoms with Crippen molar-refractivity contribution in [1.82, 2.24) is 0 Å². The Morgan fingerprint density at radius 3 is 2.40 bits per heavy atom. The Labute approximate surface area is 101 Å². The van der Waals surface area contributed by atoms with Crippen LogP contribution in [0.25, 0.3) is 0 Å². The van der Waals surface area contributed by atoms with Crippen molar-refractivity contribution in [1.29, 1.82) is 0 Å². The zero-order valence-corrected chi connectivity index (χ0v) is 10.8. The molecule has 0 fully saturated rings. The molecule has 0 heterocycles. The Hall–Kier alpha value is -0.240. The topological polar surface area (TPSA) is 9.23 Å². The molecule has 0 aliphatic rings. The molecule has 0 bridgehead atoms. The van der Waals surface area contributed by atoms with Crippen molar-refractivity contribution < 1.29 is 4.74 Å². The van der Waals surface area contributed by atoms with Crippen LogP contribution in [0.3, 0.4) is 0 Å². The van der Waals surface area contributed by atoms with Crippen LogP contribution in [0.4, 0.5) is 0 Å². The van der Waals surface area contributed by atoms with Crippen LogP contribution in [-0.4, -0.2) is 12.2 Å². The minimum atomic E-state index is -0.0983. The lowest BCUT2D eigenvalue weighted by atomic mass is 10.1. The standard InChI is InChI=1S/C12H16Cl2O/c1-12(2,3)15-7-6-9-4-5-10(13)8-11(9)14/h4-5,8H,6-7H2,1-3H3. The number of benzene rings is 1. The highest BCUT2D eigenvalue weighted by molar-refractivity contribution is 6.35. The van der Waals surface area contributed by atoms with Crippen molar-refractivity contribution >= 4 is 23.2 Å². The monoisotopic (exact) mass is 246 g/mol. The van der Waals surface area contributed by atoms with Crippen molar-refractivity contribution in [2.45, 2.75) is 32.8 Å². The molecule has 1 aromatic rings. The highest BCUT2D eigenvalue weighted by Gasteiger charge is 2.10. The second-order valence-electron chi connectivity index (χ2n) is 4.45. The van der Waals surface area contributed by atoms with Crippen LogP contribution in [0.15, 0.2) is 18.2 Å². The van der Waals surface area contributed by atoms with Crippen LogP contribution in [0.2, 0.25) is 10.0 Å². The van der Waals surface area contributed by atoms with E-state index in [0.29, 0.717) is 16.7 Å². The summed E-state index contributed by atoms with van der Waals surface area (Å²) in [4.78, 5) is 0. The normalized spacial score (nSPS) is 11.8. The fourth-order valence-electron chi connectivity index (χ4n) is 1.19. The zero-order chi connectivity index (χ0) is 11.5. The summed E-state index contributed by atoms with van der Waals surface area (Å²) < 4.78 is 5.63. The molecule has 0 unspecified atom stereocenters. The van der Waals surface area contributed by atoms with E-state index in [0.717, 1.165) is 12.0 Å². The summed E-state index contributed by atoms with van der Waals surface area (Å²) in [5.41, 5.74) is 0.976. The minimum Gasteiger partial charge on any atom is -0.376 e. The molecule has 0 spiro atoms. The van der Waals surface area contributed by atoms with Gasteiger partial charge in [-0.25, -0.2) is 0 Å². The summed E-state index contributed by atoms with van der Waals surface area (Å²) in [5, 5.41) is 1.38. The smallest absolute Gasteiger partial charge is 0.0598 e. The molecule has 0 aliphatic heterocycles. The number of hydrogen-bond acceptors (Lipinski definition) is 1. The molecule has 0 aliphatic carbocycles. The first kappa shape index (κ1) is 12.8. The predicted molar refractivity (Wildman–Crippen MR) is 65.9 cm³/mol. The Kier molecular flexibility index (Phi) is 4.45. The van der Waals surface area contributed by atoms with Gasteiger partial charge in [0.25, 0.3) is 0 Å². The van der Waals surface area contributed by atoms with E-state index in [4.69, 9.17) is 27.9 Å². The number of halogens is 2. The van der Waals surface area contributed by atoms with E-state index in [1.807, 2.05) is 32.9 Å². The second kappa shape index (κ2) is 5.20. The van der Waals surface area contributed by atoms with Crippen molar-refractivity contribution in [2.24, 2.45) is 0 Å². The fourth-order valence-corrected chi connectivity index (χ4v) is 1.69. The van der Waals surface area contributed by atoms with Crippen LogP contribution >= 0.6 is 23.2 Å². The maximum Gasteiger partial charge on any atom is 0.0598 e. The molecule has 3 heteroatoms. The Bertz CT molecular complexity index is 329. The van der Waals surface area contributed by atoms with E-state index >= 15 is 0 Å². The van der Waals surface area contributed by atoms with Gasteiger partial charge in [-0.2, -0.15) is 0 Å². The lowest BCUT2D eigenvalue weighted by Gasteiger charge is -2.19. The quantitative estimate of drug-likeness (QED) is 0.771. The molecule has 0 aromatic heterocycles. The fraction of sp³-hybridized carbons (Fsp3) is 0.500. The van der Waals surface area contributed by atoms with Gasteiger partial charge >= 0.3 is 0 Å². The summed E-state index contributed by atoms with van der Waals surface area (Å²) in [5.74, 6) is 0. The lowest BCUT2D eigenvalue weighted by Crippen LogP contribution is -2.20. The van der Waals surface area contributed by atoms with E-state index in [1.54, 1.807) is 6.07 Å². The first-order valence-electron chi connectivity index (χ1n) is 4.96. The summed E-state index contributed by atoms with van der Waals surface area (Å²) >= 11 is 11.8. The largest absolute Gasteiger partial charge is 0.376 e. The summed E-state index contributed by atoms with van der Waals surface area (Å²) in [6, 6.07) is 5.55. The van der Waals surface area contributed by atoms with Crippen molar-refractivity contribution in [3.63, 3.8) is 0 Å². The highest BCUT2D eigenvalue weighted by Crippen LogP contribution is 2.21. The Morgan fingerprint density at radius 1 is 1.20 bits per heavy atom. The molecule has 0 saturated heterocycles. The maximum absolute atomic E-state index is 6.04. The first-order chi connectivity index (χ1) is 6.88. The van der Waals surface area contributed by atoms with Gasteiger partial charge in [-0.3, -0.25) is 0 Å². The SMILES string of the molecule is CC(C)(C)OCCc1ccc(Cl)cc1Cl. The molecule has 0 atom stereocenters. The van der Waals surface area contributed by atoms with Crippen molar-refractivity contribution in [2.75, 3.05) is 6.61 Å². The van der Waals surface area contributed by atoms with Crippen LogP contribution in [0.5, 0.6) is 0 Å². The third kappa shape index (κ3) is 4.87. The van der Waals surface area contributed by atoms with Gasteiger partial charge in [0.15, 0.2) is 0 Å². The van der Waals surface area contributed by atoms with Crippen LogP contribution in [0, 0.1) is 0 Å². The van der Waals surface area contributed by atoms with Crippen molar-refractivity contribution in [3.05, 3.63) is 33.8 Å². The maximum atomic E-state index is 6.04. The molecular weight excluding hydrogens is 231 g/mol. The third-order valence-corrected chi connectivity index (χ3v) is 2.51. The predicted octanol–water partition coefficient (Wildman–Crippen LogP) is 4.35. The third-order valence-electron chi connectivity index (χ3n) is 1.92. The minimum absolute atomic E-state index is 0.0983. The molecule has 0 N–H and O–H groups in total. The summed E-state index contributed by atoms with van der Waals surface area (Å²) in [6.07, 6.45) is 0.813. The van der Waals surface area contributed by atoms with Gasteiger partial charge < -0.3 is 4.74 Å². The summed E-state index contributed by atoms with van der Waals surface area (Å²) in [6.45, 7) is 6.79. The molecule has 15 heavy (non-hydrogen) atoms. The Balaban J connectivity index is 2.51. The van der Waals surface area contributed by atoms with Gasteiger partial charge in [0.1, 0.15) is 0 Å². The zero-order valence-electron chi connectivity index (χ0n) is 9.31. The van der Waals surface area contributed by atoms with E-state index < -0.39 is 0 Å². The van der Waals surface area contributed by atoms with Gasteiger partial charge in [-0.05, 0) is 44.9 Å². The average Bonchev–Trinajstić information content (AvgIpc) is 2.07. The van der Waals surface area contributed by atoms with E-state index in [9.17, 15) is 0 Å². The van der Waals surface area contributed by atoms with Crippen LogP contribution < -0.4 is 0 Å². The molecule has 84 valence electrons. The van der Waals surface area contributed by atoms with Gasteiger partial charge in [0.05, 0.1) is 12.2 Å². The first-order valence-corrected chi connectivity index (χ1v) is 5.72. The van der Waals surface area contributed by atoms with Crippen molar-refractivity contribution in [3.8, 4) is 0 Å². The number of hydrogen-bond donors (Lipinski definition) is 0. The van der Waals surface area contributed by atoms with Gasteiger partial charge in [0.2, 0.25) is 0 Å². The molecular formula is C12H16Cl2O. The molecule has 0 saturated carbocycles. The molecule has 0 radical (unpaired) electrons. The van der Waals surface area contributed by atoms with Gasteiger partial charge in [-0.15, -0.1) is 0 Å². The van der Waals surface area contributed by atoms with Crippen LogP contribution in [-0.2, 0) is 11.2 Å². The van der Waals surface area contributed by atoms with E-state index in [-0.39, 0.29) is 5.60 Å². The van der Waals surface area contributed by atoms with Crippen LogP contribution in [0.1, 0.15) is 26.3 Å².